The molecule has 1 aromatic rings. The highest BCUT2D eigenvalue weighted by molar-refractivity contribution is 9.10. The Kier molecular flexibility index (Phi) is 5.04. The van der Waals surface area contributed by atoms with E-state index in [-0.39, 0.29) is 4.90 Å². The van der Waals surface area contributed by atoms with Crippen molar-refractivity contribution in [1.82, 2.24) is 9.29 Å². The molecule has 1 saturated carbocycles. The Morgan fingerprint density at radius 3 is 2.80 bits per heavy atom. The molecular formula is C13H20BrN3O2S. The van der Waals surface area contributed by atoms with Crippen molar-refractivity contribution in [2.45, 2.75) is 31.1 Å². The van der Waals surface area contributed by atoms with Crippen LogP contribution in [0.15, 0.2) is 21.6 Å². The van der Waals surface area contributed by atoms with Crippen molar-refractivity contribution in [3.63, 3.8) is 0 Å². The third-order valence-corrected chi connectivity index (χ3v) is 5.53. The highest BCUT2D eigenvalue weighted by Gasteiger charge is 2.31. The first-order chi connectivity index (χ1) is 9.45. The fourth-order valence-electron chi connectivity index (χ4n) is 1.92. The Morgan fingerprint density at radius 2 is 2.20 bits per heavy atom. The van der Waals surface area contributed by atoms with Gasteiger partial charge in [-0.25, -0.2) is 17.7 Å². The molecule has 0 atom stereocenters. The molecule has 0 unspecified atom stereocenters. The van der Waals surface area contributed by atoms with Gasteiger partial charge in [-0.3, -0.25) is 0 Å². The van der Waals surface area contributed by atoms with Crippen molar-refractivity contribution in [3.8, 4) is 0 Å². The number of pyridine rings is 1. The summed E-state index contributed by atoms with van der Waals surface area (Å²) >= 11 is 3.30. The summed E-state index contributed by atoms with van der Waals surface area (Å²) in [5, 5.41) is 3.08. The molecule has 0 aliphatic heterocycles. The van der Waals surface area contributed by atoms with E-state index in [2.05, 4.69) is 26.2 Å². The van der Waals surface area contributed by atoms with E-state index in [1.54, 1.807) is 19.3 Å². The molecule has 1 aromatic heterocycles. The number of nitrogens with zero attached hydrogens (tertiary/aromatic N) is 2. The molecule has 1 heterocycles. The van der Waals surface area contributed by atoms with E-state index in [0.717, 1.165) is 19.3 Å². The van der Waals surface area contributed by atoms with E-state index in [9.17, 15) is 8.42 Å². The summed E-state index contributed by atoms with van der Waals surface area (Å²) in [6.07, 6.45) is 4.77. The summed E-state index contributed by atoms with van der Waals surface area (Å²) in [7, 11) is -1.86. The van der Waals surface area contributed by atoms with Gasteiger partial charge in [-0.05, 0) is 47.2 Å². The molecule has 0 saturated heterocycles. The van der Waals surface area contributed by atoms with Crippen LogP contribution in [0, 0.1) is 5.92 Å². The summed E-state index contributed by atoms with van der Waals surface area (Å²) in [5.74, 6) is 0.944. The van der Waals surface area contributed by atoms with Crippen LogP contribution >= 0.6 is 15.9 Å². The Morgan fingerprint density at radius 1 is 1.50 bits per heavy atom. The van der Waals surface area contributed by atoms with E-state index in [1.807, 2.05) is 6.92 Å². The Bertz CT molecular complexity index is 573. The Balaban J connectivity index is 2.30. The average molecular weight is 362 g/mol. The van der Waals surface area contributed by atoms with Crippen molar-refractivity contribution >= 4 is 31.8 Å². The topological polar surface area (TPSA) is 62.3 Å². The summed E-state index contributed by atoms with van der Waals surface area (Å²) < 4.78 is 27.4. The zero-order valence-electron chi connectivity index (χ0n) is 11.8. The molecule has 0 bridgehead atoms. The monoisotopic (exact) mass is 361 g/mol. The molecule has 7 heteroatoms. The summed E-state index contributed by atoms with van der Waals surface area (Å²) in [6, 6.07) is 1.61. The third kappa shape index (κ3) is 3.71. The molecule has 0 amide bonds. The van der Waals surface area contributed by atoms with E-state index >= 15 is 0 Å². The largest absolute Gasteiger partial charge is 0.369 e. The molecule has 5 nitrogen and oxygen atoms in total. The zero-order chi connectivity index (χ0) is 14.8. The van der Waals surface area contributed by atoms with Crippen LogP contribution in [0.1, 0.15) is 26.2 Å². The van der Waals surface area contributed by atoms with Crippen LogP contribution in [-0.2, 0) is 10.0 Å². The van der Waals surface area contributed by atoms with Crippen molar-refractivity contribution in [2.75, 3.05) is 25.5 Å². The van der Waals surface area contributed by atoms with Crippen molar-refractivity contribution in [1.29, 1.82) is 0 Å². The number of rotatable bonds is 7. The number of halogens is 1. The lowest BCUT2D eigenvalue weighted by Gasteiger charge is -2.19. The predicted molar refractivity (Wildman–Crippen MR) is 83.3 cm³/mol. The van der Waals surface area contributed by atoms with Crippen LogP contribution in [0.5, 0.6) is 0 Å². The first kappa shape index (κ1) is 15.7. The number of aromatic nitrogens is 1. The second kappa shape index (κ2) is 6.41. The van der Waals surface area contributed by atoms with Gasteiger partial charge in [0, 0.05) is 30.8 Å². The van der Waals surface area contributed by atoms with Gasteiger partial charge >= 0.3 is 0 Å². The van der Waals surface area contributed by atoms with Gasteiger partial charge in [0.05, 0.1) is 0 Å². The molecule has 0 spiro atoms. The molecular weight excluding hydrogens is 342 g/mol. The smallest absolute Gasteiger partial charge is 0.246 e. The Hall–Kier alpha value is -0.660. The first-order valence-electron chi connectivity index (χ1n) is 6.81. The van der Waals surface area contributed by atoms with Gasteiger partial charge in [-0.2, -0.15) is 0 Å². The van der Waals surface area contributed by atoms with Gasteiger partial charge in [-0.1, -0.05) is 6.92 Å². The molecule has 20 heavy (non-hydrogen) atoms. The average Bonchev–Trinajstić information content (AvgIpc) is 3.21. The van der Waals surface area contributed by atoms with Gasteiger partial charge in [0.1, 0.15) is 10.7 Å². The minimum Gasteiger partial charge on any atom is -0.369 e. The molecule has 1 aliphatic rings. The van der Waals surface area contributed by atoms with Gasteiger partial charge in [-0.15, -0.1) is 0 Å². The maximum absolute atomic E-state index is 12.7. The molecule has 1 aliphatic carbocycles. The van der Waals surface area contributed by atoms with Gasteiger partial charge in [0.2, 0.25) is 10.0 Å². The summed E-state index contributed by atoms with van der Waals surface area (Å²) in [5.41, 5.74) is 0. The van der Waals surface area contributed by atoms with Crippen molar-refractivity contribution in [3.05, 3.63) is 16.7 Å². The Labute approximate surface area is 129 Å². The molecule has 112 valence electrons. The number of hydrogen-bond acceptors (Lipinski definition) is 4. The SMILES string of the molecule is CCCNc1ncc(Br)cc1S(=O)(=O)N(C)CC1CC1. The zero-order valence-corrected chi connectivity index (χ0v) is 14.2. The highest BCUT2D eigenvalue weighted by atomic mass is 79.9. The van der Waals surface area contributed by atoms with E-state index in [0.29, 0.717) is 29.3 Å². The number of anilines is 1. The van der Waals surface area contributed by atoms with Gasteiger partial charge in [0.15, 0.2) is 0 Å². The maximum atomic E-state index is 12.7. The van der Waals surface area contributed by atoms with Crippen LogP contribution in [0.3, 0.4) is 0 Å². The lowest BCUT2D eigenvalue weighted by Crippen LogP contribution is -2.30. The van der Waals surface area contributed by atoms with Crippen LogP contribution in [0.4, 0.5) is 5.82 Å². The summed E-state index contributed by atoms with van der Waals surface area (Å²) in [6.45, 7) is 3.31. The maximum Gasteiger partial charge on any atom is 0.246 e. The van der Waals surface area contributed by atoms with Crippen LogP contribution in [-0.4, -0.2) is 37.8 Å². The quantitative estimate of drug-likeness (QED) is 0.810. The minimum atomic E-state index is -3.50. The van der Waals surface area contributed by atoms with E-state index in [1.165, 1.54) is 4.31 Å². The van der Waals surface area contributed by atoms with Crippen molar-refractivity contribution < 1.29 is 8.42 Å². The molecule has 2 rings (SSSR count). The minimum absolute atomic E-state index is 0.239. The normalized spacial score (nSPS) is 15.6. The van der Waals surface area contributed by atoms with Crippen LogP contribution in [0.25, 0.3) is 0 Å². The molecule has 1 fully saturated rings. The van der Waals surface area contributed by atoms with E-state index < -0.39 is 10.0 Å². The van der Waals surface area contributed by atoms with Crippen LogP contribution in [0.2, 0.25) is 0 Å². The number of nitrogens with one attached hydrogen (secondary N) is 1. The molecule has 0 aromatic carbocycles. The fraction of sp³-hybridized carbons (Fsp3) is 0.615. The summed E-state index contributed by atoms with van der Waals surface area (Å²) in [4.78, 5) is 4.43. The second-order valence-electron chi connectivity index (χ2n) is 5.16. The lowest BCUT2D eigenvalue weighted by molar-refractivity contribution is 0.453. The van der Waals surface area contributed by atoms with E-state index in [4.69, 9.17) is 0 Å². The first-order valence-corrected chi connectivity index (χ1v) is 9.04. The van der Waals surface area contributed by atoms with Crippen LogP contribution < -0.4 is 5.32 Å². The highest BCUT2D eigenvalue weighted by Crippen LogP contribution is 2.32. The lowest BCUT2D eigenvalue weighted by atomic mass is 10.4. The molecule has 0 radical (unpaired) electrons. The van der Waals surface area contributed by atoms with Crippen molar-refractivity contribution in [2.24, 2.45) is 5.92 Å². The fourth-order valence-corrected chi connectivity index (χ4v) is 3.79. The predicted octanol–water partition coefficient (Wildman–Crippen LogP) is 2.70. The van der Waals surface area contributed by atoms with Gasteiger partial charge in [0.25, 0.3) is 0 Å². The van der Waals surface area contributed by atoms with Gasteiger partial charge < -0.3 is 5.32 Å². The third-order valence-electron chi connectivity index (χ3n) is 3.26. The second-order valence-corrected chi connectivity index (χ2v) is 8.08. The number of hydrogen-bond donors (Lipinski definition) is 1. The molecule has 1 N–H and O–H groups in total. The standard InChI is InChI=1S/C13H20BrN3O2S/c1-3-6-15-13-12(7-11(14)8-16-13)20(18,19)17(2)9-10-4-5-10/h7-8,10H,3-6,9H2,1-2H3,(H,15,16). The number of sulfonamides is 1.